The van der Waals surface area contributed by atoms with E-state index in [2.05, 4.69) is 9.97 Å². The van der Waals surface area contributed by atoms with Crippen LogP contribution in [0, 0.1) is 0 Å². The van der Waals surface area contributed by atoms with Crippen LogP contribution in [0.4, 0.5) is 5.82 Å². The lowest BCUT2D eigenvalue weighted by Gasteiger charge is -2.16. The van der Waals surface area contributed by atoms with Gasteiger partial charge in [-0.2, -0.15) is 0 Å². The first-order valence-electron chi connectivity index (χ1n) is 7.24. The molecule has 2 N–H and O–H groups in total. The molecule has 1 saturated heterocycles. The first-order chi connectivity index (χ1) is 10.2. The molecule has 2 aromatic rings. The summed E-state index contributed by atoms with van der Waals surface area (Å²) in [5.74, 6) is 0.704. The topological polar surface area (TPSA) is 77.0 Å². The van der Waals surface area contributed by atoms with Gasteiger partial charge in [-0.1, -0.05) is 0 Å². The third-order valence-corrected chi connectivity index (χ3v) is 3.81. The Balaban J connectivity index is 1.69. The van der Waals surface area contributed by atoms with E-state index in [1.165, 1.54) is 0 Å². The molecule has 0 aromatic carbocycles. The van der Waals surface area contributed by atoms with Gasteiger partial charge in [-0.25, -0.2) is 9.97 Å². The first kappa shape index (κ1) is 13.6. The lowest BCUT2D eigenvalue weighted by atomic mass is 10.2. The summed E-state index contributed by atoms with van der Waals surface area (Å²) in [5, 5.41) is 0. The van der Waals surface area contributed by atoms with Crippen molar-refractivity contribution in [1.29, 1.82) is 0 Å². The van der Waals surface area contributed by atoms with Crippen molar-refractivity contribution in [1.82, 2.24) is 19.4 Å². The van der Waals surface area contributed by atoms with Crippen molar-refractivity contribution in [2.75, 3.05) is 18.8 Å². The Morgan fingerprint density at radius 1 is 1.33 bits per heavy atom. The lowest BCUT2D eigenvalue weighted by molar-refractivity contribution is -0.130. The van der Waals surface area contributed by atoms with Crippen LogP contribution in [0.2, 0.25) is 0 Å². The zero-order valence-electron chi connectivity index (χ0n) is 11.9. The van der Waals surface area contributed by atoms with Crippen LogP contribution < -0.4 is 5.73 Å². The number of hydrogen-bond donors (Lipinski definition) is 1. The quantitative estimate of drug-likeness (QED) is 0.924. The summed E-state index contributed by atoms with van der Waals surface area (Å²) >= 11 is 0. The van der Waals surface area contributed by atoms with E-state index in [0.717, 1.165) is 37.2 Å². The molecule has 0 spiro atoms. The highest BCUT2D eigenvalue weighted by atomic mass is 16.2. The zero-order valence-corrected chi connectivity index (χ0v) is 11.9. The van der Waals surface area contributed by atoms with Crippen molar-refractivity contribution in [3.05, 3.63) is 30.9 Å². The highest BCUT2D eigenvalue weighted by molar-refractivity contribution is 5.76. The van der Waals surface area contributed by atoms with Crippen LogP contribution in [0.3, 0.4) is 0 Å². The molecule has 3 rings (SSSR count). The number of hydrogen-bond acceptors (Lipinski definition) is 4. The van der Waals surface area contributed by atoms with Crippen LogP contribution >= 0.6 is 0 Å². The van der Waals surface area contributed by atoms with Crippen LogP contribution in [0.25, 0.3) is 11.3 Å². The summed E-state index contributed by atoms with van der Waals surface area (Å²) < 4.78 is 1.99. The molecule has 0 bridgehead atoms. The highest BCUT2D eigenvalue weighted by Crippen LogP contribution is 2.20. The fraction of sp³-hybridized carbons (Fsp3) is 0.400. The van der Waals surface area contributed by atoms with Crippen molar-refractivity contribution in [2.24, 2.45) is 0 Å². The molecule has 1 aliphatic rings. The summed E-state index contributed by atoms with van der Waals surface area (Å²) in [4.78, 5) is 22.2. The van der Waals surface area contributed by atoms with Crippen LogP contribution in [0.5, 0.6) is 0 Å². The number of likely N-dealkylation sites (tertiary alicyclic amines) is 1. The van der Waals surface area contributed by atoms with E-state index < -0.39 is 0 Å². The van der Waals surface area contributed by atoms with Gasteiger partial charge in [0.1, 0.15) is 5.82 Å². The molecule has 0 radical (unpaired) electrons. The van der Waals surface area contributed by atoms with Crippen LogP contribution in [-0.2, 0) is 11.3 Å². The summed E-state index contributed by atoms with van der Waals surface area (Å²) in [6, 6.07) is 3.71. The maximum Gasteiger partial charge on any atom is 0.224 e. The van der Waals surface area contributed by atoms with Crippen molar-refractivity contribution in [3.8, 4) is 11.3 Å². The largest absolute Gasteiger partial charge is 0.384 e. The Morgan fingerprint density at radius 3 is 2.90 bits per heavy atom. The molecule has 6 heteroatoms. The first-order valence-corrected chi connectivity index (χ1v) is 7.24. The third-order valence-electron chi connectivity index (χ3n) is 3.81. The monoisotopic (exact) mass is 285 g/mol. The number of rotatable bonds is 4. The number of aryl methyl sites for hydroxylation is 1. The Kier molecular flexibility index (Phi) is 3.85. The maximum absolute atomic E-state index is 12.1. The molecule has 6 nitrogen and oxygen atoms in total. The van der Waals surface area contributed by atoms with E-state index in [9.17, 15) is 4.79 Å². The number of anilines is 1. The molecule has 2 aromatic heterocycles. The van der Waals surface area contributed by atoms with E-state index in [1.807, 2.05) is 21.6 Å². The molecular formula is C15H19N5O. The number of aromatic nitrogens is 3. The van der Waals surface area contributed by atoms with Gasteiger partial charge in [-0.3, -0.25) is 4.79 Å². The fourth-order valence-corrected chi connectivity index (χ4v) is 2.69. The van der Waals surface area contributed by atoms with Gasteiger partial charge in [-0.05, 0) is 25.0 Å². The molecular weight excluding hydrogens is 266 g/mol. The van der Waals surface area contributed by atoms with Gasteiger partial charge in [0.15, 0.2) is 0 Å². The normalized spacial score (nSPS) is 14.6. The third kappa shape index (κ3) is 3.04. The van der Waals surface area contributed by atoms with Crippen molar-refractivity contribution in [3.63, 3.8) is 0 Å². The molecule has 21 heavy (non-hydrogen) atoms. The predicted molar refractivity (Wildman–Crippen MR) is 80.3 cm³/mol. The number of nitrogens with two attached hydrogens (primary N) is 1. The summed E-state index contributed by atoms with van der Waals surface area (Å²) in [6.07, 6.45) is 7.97. The standard InChI is InChI=1S/C15H19N5O/c16-14-9-12(3-5-18-14)13-10-17-11-20(13)8-4-15(21)19-6-1-2-7-19/h3,5,9-11H,1-2,4,6-8H2,(H2,16,18). The minimum Gasteiger partial charge on any atom is -0.384 e. The van der Waals surface area contributed by atoms with Crippen molar-refractivity contribution in [2.45, 2.75) is 25.8 Å². The van der Waals surface area contributed by atoms with E-state index in [-0.39, 0.29) is 5.91 Å². The average Bonchev–Trinajstić information content (AvgIpc) is 3.16. The summed E-state index contributed by atoms with van der Waals surface area (Å²) in [5.41, 5.74) is 7.64. The predicted octanol–water partition coefficient (Wildman–Crippen LogP) is 1.54. The molecule has 110 valence electrons. The molecule has 3 heterocycles. The summed E-state index contributed by atoms with van der Waals surface area (Å²) in [6.45, 7) is 2.43. The average molecular weight is 285 g/mol. The zero-order chi connectivity index (χ0) is 14.7. The second-order valence-electron chi connectivity index (χ2n) is 5.28. The number of nitrogens with zero attached hydrogens (tertiary/aromatic N) is 4. The lowest BCUT2D eigenvalue weighted by Crippen LogP contribution is -2.28. The molecule has 1 fully saturated rings. The Morgan fingerprint density at radius 2 is 2.14 bits per heavy atom. The smallest absolute Gasteiger partial charge is 0.224 e. The van der Waals surface area contributed by atoms with Crippen molar-refractivity contribution < 1.29 is 4.79 Å². The Hall–Kier alpha value is -2.37. The molecule has 0 atom stereocenters. The number of amides is 1. The SMILES string of the molecule is Nc1cc(-c2cncn2CCC(=O)N2CCCC2)ccn1. The Labute approximate surface area is 123 Å². The van der Waals surface area contributed by atoms with Gasteiger partial charge in [-0.15, -0.1) is 0 Å². The van der Waals surface area contributed by atoms with Gasteiger partial charge in [0.05, 0.1) is 18.2 Å². The van der Waals surface area contributed by atoms with E-state index in [0.29, 0.717) is 18.8 Å². The van der Waals surface area contributed by atoms with Crippen LogP contribution in [0.15, 0.2) is 30.9 Å². The molecule has 0 saturated carbocycles. The van der Waals surface area contributed by atoms with Crippen LogP contribution in [0.1, 0.15) is 19.3 Å². The minimum absolute atomic E-state index is 0.224. The van der Waals surface area contributed by atoms with Crippen molar-refractivity contribution >= 4 is 11.7 Å². The van der Waals surface area contributed by atoms with E-state index in [1.54, 1.807) is 18.7 Å². The fourth-order valence-electron chi connectivity index (χ4n) is 2.69. The Bertz CT molecular complexity index is 630. The second-order valence-corrected chi connectivity index (χ2v) is 5.28. The summed E-state index contributed by atoms with van der Waals surface area (Å²) in [7, 11) is 0. The number of carbonyl (C=O) groups is 1. The number of pyridine rings is 1. The van der Waals surface area contributed by atoms with Gasteiger partial charge in [0, 0.05) is 37.8 Å². The highest BCUT2D eigenvalue weighted by Gasteiger charge is 2.17. The minimum atomic E-state index is 0.224. The van der Waals surface area contributed by atoms with E-state index >= 15 is 0 Å². The molecule has 1 amide bonds. The van der Waals surface area contributed by atoms with Gasteiger partial charge in [0.2, 0.25) is 5.91 Å². The number of carbonyl (C=O) groups excluding carboxylic acids is 1. The maximum atomic E-state index is 12.1. The number of nitrogen functional groups attached to an aromatic ring is 1. The molecule has 1 aliphatic heterocycles. The second kappa shape index (κ2) is 5.95. The number of imidazole rings is 1. The van der Waals surface area contributed by atoms with Gasteiger partial charge >= 0.3 is 0 Å². The van der Waals surface area contributed by atoms with Crippen LogP contribution in [-0.4, -0.2) is 38.4 Å². The van der Waals surface area contributed by atoms with Gasteiger partial charge in [0.25, 0.3) is 0 Å². The molecule has 0 unspecified atom stereocenters. The molecule has 0 aliphatic carbocycles. The van der Waals surface area contributed by atoms with E-state index in [4.69, 9.17) is 5.73 Å². The van der Waals surface area contributed by atoms with Gasteiger partial charge < -0.3 is 15.2 Å².